The summed E-state index contributed by atoms with van der Waals surface area (Å²) < 4.78 is 3.34. The van der Waals surface area contributed by atoms with Crippen molar-refractivity contribution in [1.82, 2.24) is 4.57 Å². The molecule has 0 unspecified atom stereocenters. The Morgan fingerprint density at radius 3 is 1.91 bits per heavy atom. The molecule has 0 atom stereocenters. The first kappa shape index (κ1) is 19.8. The molecule has 3 heteroatoms. The van der Waals surface area contributed by atoms with Crippen LogP contribution in [0.1, 0.15) is 0 Å². The largest absolute Gasteiger partial charge is 0.399 e. The van der Waals surface area contributed by atoms with Crippen molar-refractivity contribution in [3.63, 3.8) is 0 Å². The third-order valence-corrected chi connectivity index (χ3v) is 6.62. The fraction of sp³-hybridized carbons (Fsp3) is 0. The van der Waals surface area contributed by atoms with Gasteiger partial charge in [0.1, 0.15) is 0 Å². The van der Waals surface area contributed by atoms with Crippen LogP contribution in [0.25, 0.3) is 49.7 Å². The fourth-order valence-corrected chi connectivity index (χ4v) is 5.15. The predicted octanol–water partition coefficient (Wildman–Crippen LogP) is 8.46. The minimum absolute atomic E-state index is 0.752. The molecule has 0 aliphatic heterocycles. The first-order chi connectivity index (χ1) is 16.2. The molecule has 0 aliphatic rings. The van der Waals surface area contributed by atoms with E-state index in [9.17, 15) is 0 Å². The van der Waals surface area contributed by atoms with E-state index in [4.69, 9.17) is 5.73 Å². The number of anilines is 1. The number of rotatable bonds is 3. The van der Waals surface area contributed by atoms with Gasteiger partial charge in [-0.3, -0.25) is 0 Å². The number of hydrogen-bond acceptors (Lipinski definition) is 1. The standard InChI is InChI=1S/C30H21BrN2/c31-24-16-23(17-25(32)19-24)21-12-10-20(11-13-21)22-14-15-28-27-8-4-5-9-29(27)33(30(28)18-22)26-6-2-1-3-7-26/h1-19H,32H2. The number of nitrogen functional groups attached to an aromatic ring is 1. The maximum Gasteiger partial charge on any atom is 0.0547 e. The zero-order chi connectivity index (χ0) is 22.4. The molecule has 0 saturated carbocycles. The van der Waals surface area contributed by atoms with Gasteiger partial charge in [-0.15, -0.1) is 0 Å². The highest BCUT2D eigenvalue weighted by molar-refractivity contribution is 9.10. The van der Waals surface area contributed by atoms with Crippen LogP contribution in [0.3, 0.4) is 0 Å². The van der Waals surface area contributed by atoms with E-state index in [1.54, 1.807) is 0 Å². The Balaban J connectivity index is 1.49. The van der Waals surface area contributed by atoms with Crippen molar-refractivity contribution in [2.75, 3.05) is 5.73 Å². The maximum absolute atomic E-state index is 6.03. The highest BCUT2D eigenvalue weighted by Crippen LogP contribution is 2.35. The van der Waals surface area contributed by atoms with Gasteiger partial charge < -0.3 is 10.3 Å². The van der Waals surface area contributed by atoms with Crippen LogP contribution >= 0.6 is 15.9 Å². The molecule has 6 aromatic rings. The molecule has 1 aromatic heterocycles. The van der Waals surface area contributed by atoms with Crippen LogP contribution in [0.4, 0.5) is 5.69 Å². The third kappa shape index (κ3) is 3.51. The van der Waals surface area contributed by atoms with Crippen LogP contribution in [0, 0.1) is 0 Å². The quantitative estimate of drug-likeness (QED) is 0.249. The lowest BCUT2D eigenvalue weighted by Crippen LogP contribution is -1.93. The van der Waals surface area contributed by atoms with Gasteiger partial charge >= 0.3 is 0 Å². The van der Waals surface area contributed by atoms with Gasteiger partial charge in [0.25, 0.3) is 0 Å². The molecule has 0 spiro atoms. The summed E-state index contributed by atoms with van der Waals surface area (Å²) in [6, 6.07) is 40.6. The van der Waals surface area contributed by atoms with Gasteiger partial charge in [0, 0.05) is 26.6 Å². The number of benzene rings is 5. The molecule has 1 heterocycles. The zero-order valence-corrected chi connectivity index (χ0v) is 19.5. The van der Waals surface area contributed by atoms with Crippen LogP contribution < -0.4 is 5.73 Å². The number of fused-ring (bicyclic) bond motifs is 3. The van der Waals surface area contributed by atoms with Gasteiger partial charge in [-0.2, -0.15) is 0 Å². The van der Waals surface area contributed by atoms with E-state index in [1.807, 2.05) is 12.1 Å². The van der Waals surface area contributed by atoms with Crippen molar-refractivity contribution in [2.45, 2.75) is 0 Å². The monoisotopic (exact) mass is 488 g/mol. The van der Waals surface area contributed by atoms with E-state index < -0.39 is 0 Å². The van der Waals surface area contributed by atoms with Crippen molar-refractivity contribution >= 4 is 43.4 Å². The summed E-state index contributed by atoms with van der Waals surface area (Å²) in [4.78, 5) is 0. The van der Waals surface area contributed by atoms with Crippen LogP contribution in [-0.2, 0) is 0 Å². The third-order valence-electron chi connectivity index (χ3n) is 6.16. The second kappa shape index (κ2) is 7.95. The molecule has 6 rings (SSSR count). The molecule has 0 radical (unpaired) electrons. The summed E-state index contributed by atoms with van der Waals surface area (Å²) in [5, 5.41) is 2.53. The Labute approximate surface area is 201 Å². The van der Waals surface area contributed by atoms with Crippen molar-refractivity contribution in [3.8, 4) is 27.9 Å². The molecule has 158 valence electrons. The molecule has 0 fully saturated rings. The van der Waals surface area contributed by atoms with Gasteiger partial charge in [0.15, 0.2) is 0 Å². The molecule has 0 saturated heterocycles. The van der Waals surface area contributed by atoms with Gasteiger partial charge in [0.2, 0.25) is 0 Å². The summed E-state index contributed by atoms with van der Waals surface area (Å²) in [6.45, 7) is 0. The number of nitrogens with two attached hydrogens (primary N) is 1. The summed E-state index contributed by atoms with van der Waals surface area (Å²) in [5.74, 6) is 0. The highest BCUT2D eigenvalue weighted by Gasteiger charge is 2.13. The molecule has 0 aliphatic carbocycles. The average molecular weight is 489 g/mol. The van der Waals surface area contributed by atoms with Gasteiger partial charge in [-0.25, -0.2) is 0 Å². The number of halogens is 1. The summed E-state index contributed by atoms with van der Waals surface area (Å²) in [6.07, 6.45) is 0. The Bertz CT molecular complexity index is 1590. The Morgan fingerprint density at radius 2 is 1.15 bits per heavy atom. The lowest BCUT2D eigenvalue weighted by atomic mass is 9.99. The number of para-hydroxylation sites is 2. The second-order valence-corrected chi connectivity index (χ2v) is 9.19. The van der Waals surface area contributed by atoms with Gasteiger partial charge in [-0.05, 0) is 64.7 Å². The van der Waals surface area contributed by atoms with E-state index in [1.165, 1.54) is 38.6 Å². The van der Waals surface area contributed by atoms with Gasteiger partial charge in [-0.1, -0.05) is 88.7 Å². The minimum atomic E-state index is 0.752. The van der Waals surface area contributed by atoms with E-state index >= 15 is 0 Å². The lowest BCUT2D eigenvalue weighted by molar-refractivity contribution is 1.18. The summed E-state index contributed by atoms with van der Waals surface area (Å²) in [7, 11) is 0. The smallest absolute Gasteiger partial charge is 0.0547 e. The number of aromatic nitrogens is 1. The molecule has 0 amide bonds. The highest BCUT2D eigenvalue weighted by atomic mass is 79.9. The first-order valence-electron chi connectivity index (χ1n) is 10.9. The summed E-state index contributed by atoms with van der Waals surface area (Å²) >= 11 is 3.54. The van der Waals surface area contributed by atoms with E-state index in [0.717, 1.165) is 21.3 Å². The van der Waals surface area contributed by atoms with E-state index in [-0.39, 0.29) is 0 Å². The van der Waals surface area contributed by atoms with Crippen LogP contribution in [0.15, 0.2) is 120 Å². The molecule has 33 heavy (non-hydrogen) atoms. The van der Waals surface area contributed by atoms with Crippen molar-refractivity contribution in [2.24, 2.45) is 0 Å². The predicted molar refractivity (Wildman–Crippen MR) is 144 cm³/mol. The van der Waals surface area contributed by atoms with Crippen molar-refractivity contribution < 1.29 is 0 Å². The van der Waals surface area contributed by atoms with Crippen molar-refractivity contribution in [1.29, 1.82) is 0 Å². The lowest BCUT2D eigenvalue weighted by Gasteiger charge is -2.10. The van der Waals surface area contributed by atoms with E-state index in [2.05, 4.69) is 124 Å². The van der Waals surface area contributed by atoms with Crippen LogP contribution in [0.2, 0.25) is 0 Å². The average Bonchev–Trinajstić information content (AvgIpc) is 3.18. The van der Waals surface area contributed by atoms with Gasteiger partial charge in [0.05, 0.1) is 11.0 Å². The zero-order valence-electron chi connectivity index (χ0n) is 17.9. The SMILES string of the molecule is Nc1cc(Br)cc(-c2ccc(-c3ccc4c5ccccc5n(-c5ccccc5)c4c3)cc2)c1. The fourth-order valence-electron chi connectivity index (χ4n) is 4.64. The minimum Gasteiger partial charge on any atom is -0.399 e. The number of nitrogens with zero attached hydrogens (tertiary/aromatic N) is 1. The normalized spacial score (nSPS) is 11.3. The molecular formula is C30H21BrN2. The molecular weight excluding hydrogens is 468 g/mol. The topological polar surface area (TPSA) is 30.9 Å². The summed E-state index contributed by atoms with van der Waals surface area (Å²) in [5.41, 5.74) is 15.0. The molecule has 2 N–H and O–H groups in total. The van der Waals surface area contributed by atoms with E-state index in [0.29, 0.717) is 0 Å². The Hall–Kier alpha value is -3.82. The van der Waals surface area contributed by atoms with Crippen molar-refractivity contribution in [3.05, 3.63) is 120 Å². The molecule has 5 aromatic carbocycles. The first-order valence-corrected chi connectivity index (χ1v) is 11.7. The van der Waals surface area contributed by atoms with Crippen LogP contribution in [0.5, 0.6) is 0 Å². The number of hydrogen-bond donors (Lipinski definition) is 1. The van der Waals surface area contributed by atoms with Crippen LogP contribution in [-0.4, -0.2) is 4.57 Å². The molecule has 0 bridgehead atoms. The maximum atomic E-state index is 6.03. The second-order valence-electron chi connectivity index (χ2n) is 8.27. The Kier molecular flexibility index (Phi) is 4.78. The Morgan fingerprint density at radius 1 is 0.515 bits per heavy atom. The molecule has 2 nitrogen and oxygen atoms in total.